The molecule has 5 heterocycles. The quantitative estimate of drug-likeness (QED) is 0.0988. The molecule has 0 saturated heterocycles. The molecule has 0 aliphatic carbocycles. The molecule has 2 N–H and O–H groups in total. The fourth-order valence-electron chi connectivity index (χ4n) is 10.2. The van der Waals surface area contributed by atoms with E-state index in [1.54, 1.807) is 26.0 Å². The Bertz CT molecular complexity index is 3370. The number of aromatic amines is 2. The molecule has 0 saturated carbocycles. The van der Waals surface area contributed by atoms with Crippen LogP contribution in [0.4, 0.5) is 52.7 Å². The summed E-state index contributed by atoms with van der Waals surface area (Å²) in [6, 6.07) is 10.3. The third-order valence-corrected chi connectivity index (χ3v) is 14.3. The molecule has 3 aromatic carbocycles. The van der Waals surface area contributed by atoms with Crippen molar-refractivity contribution in [2.75, 3.05) is 14.2 Å². The van der Waals surface area contributed by atoms with Crippen LogP contribution in [0, 0.1) is 13.8 Å². The predicted octanol–water partition coefficient (Wildman–Crippen LogP) is 16.9. The topological polar surface area (TPSA) is 110 Å². The van der Waals surface area contributed by atoms with Crippen molar-refractivity contribution in [2.24, 2.45) is 0 Å². The molecule has 2 aliphatic rings. The summed E-state index contributed by atoms with van der Waals surface area (Å²) in [6.45, 7) is 10.8. The summed E-state index contributed by atoms with van der Waals surface area (Å²) < 4.78 is 184. The van der Waals surface area contributed by atoms with Gasteiger partial charge in [-0.15, -0.1) is 0 Å². The van der Waals surface area contributed by atoms with Gasteiger partial charge in [-0.25, -0.2) is 9.97 Å². The van der Waals surface area contributed by atoms with Crippen LogP contribution in [0.5, 0.6) is 0 Å². The average molecular weight is 1100 g/mol. The SMILES string of the molecule is CCC1=C(C)c2nc1cc1[nH]c(cc3[nH]c(cc4nc(c2-c2cc(-c5cc(C(F)(F)F)cc(C(F)(F)F)c5)cc(-c5cc(C(F)(F)F)cc(C(F)(F)F)c5)c2)C(C)=C4CC)c(C)c3CCC(=O)OC)c(CCC(=O)OC)c1C. The number of fused-ring (bicyclic) bond motifs is 8. The van der Waals surface area contributed by atoms with E-state index in [2.05, 4.69) is 9.97 Å². The molecule has 3 aromatic heterocycles. The highest BCUT2D eigenvalue weighted by atomic mass is 19.4. The van der Waals surface area contributed by atoms with Crippen LogP contribution >= 0.6 is 0 Å². The van der Waals surface area contributed by atoms with Crippen LogP contribution in [0.2, 0.25) is 0 Å². The van der Waals surface area contributed by atoms with Gasteiger partial charge in [0.15, 0.2) is 0 Å². The maximum atomic E-state index is 14.5. The molecule has 0 unspecified atom stereocenters. The van der Waals surface area contributed by atoms with Crippen molar-refractivity contribution in [1.29, 1.82) is 0 Å². The standard InChI is InChI=1S/C58H50F12N4O4/c1-9-40-29(5)53-52(35-16-31(33-18-36(55(59,60)61)22-37(19-33)56(62,63)64)15-32(17-35)34-20-38(57(65,66)67)23-39(21-34)58(68,69)70)54-30(6)41(10-2)47(74-54)25-45-28(4)43(12-14-51(76)78-8)49(72-45)26-48-42(11-13-50(75)77-7)27(3)44(71-48)24-46(40)73-53/h15-26,71-72H,9-14H2,1-8H3. The van der Waals surface area contributed by atoms with Gasteiger partial charge >= 0.3 is 36.6 Å². The normalized spacial score (nSPS) is 13.4. The Labute approximate surface area is 439 Å². The van der Waals surface area contributed by atoms with E-state index in [0.717, 1.165) is 28.3 Å². The van der Waals surface area contributed by atoms with Crippen molar-refractivity contribution in [1.82, 2.24) is 19.9 Å². The van der Waals surface area contributed by atoms with E-state index < -0.39 is 81.2 Å². The third kappa shape index (κ3) is 11.2. The highest BCUT2D eigenvalue weighted by molar-refractivity contribution is 6.03. The van der Waals surface area contributed by atoms with Crippen molar-refractivity contribution in [3.63, 3.8) is 0 Å². The van der Waals surface area contributed by atoms with E-state index in [0.29, 0.717) is 92.9 Å². The lowest BCUT2D eigenvalue weighted by molar-refractivity contribution is -0.144. The zero-order valence-electron chi connectivity index (χ0n) is 43.2. The molecule has 0 spiro atoms. The van der Waals surface area contributed by atoms with Crippen LogP contribution in [-0.4, -0.2) is 46.1 Å². The van der Waals surface area contributed by atoms with Crippen molar-refractivity contribution in [2.45, 2.75) is 105 Å². The molecule has 8 bridgehead atoms. The number of carbonyl (C=O) groups excluding carboxylic acids is 2. The second kappa shape index (κ2) is 21.0. The molecule has 410 valence electrons. The number of allylic oxidation sites excluding steroid dienone is 4. The molecule has 0 amide bonds. The molecular weight excluding hydrogens is 1040 g/mol. The highest BCUT2D eigenvalue weighted by Crippen LogP contribution is 2.48. The van der Waals surface area contributed by atoms with Gasteiger partial charge in [0, 0.05) is 40.5 Å². The number of esters is 2. The Balaban J connectivity index is 1.60. The van der Waals surface area contributed by atoms with Gasteiger partial charge in [0.25, 0.3) is 0 Å². The minimum atomic E-state index is -5.34. The number of alkyl halides is 12. The number of nitrogens with one attached hydrogen (secondary N) is 2. The summed E-state index contributed by atoms with van der Waals surface area (Å²) in [5.74, 6) is -0.936. The van der Waals surface area contributed by atoms with Crippen molar-refractivity contribution >= 4 is 56.3 Å². The Kier molecular flexibility index (Phi) is 15.2. The number of ether oxygens (including phenoxy) is 2. The lowest BCUT2D eigenvalue weighted by Gasteiger charge is -2.18. The zero-order valence-corrected chi connectivity index (χ0v) is 43.2. The van der Waals surface area contributed by atoms with Crippen LogP contribution in [0.25, 0.3) is 77.7 Å². The minimum Gasteiger partial charge on any atom is -0.469 e. The molecule has 0 fully saturated rings. The molecule has 8 nitrogen and oxygen atoms in total. The smallest absolute Gasteiger partial charge is 0.416 e. The summed E-state index contributed by atoms with van der Waals surface area (Å²) in [7, 11) is 2.54. The molecule has 6 aromatic rings. The molecule has 8 rings (SSSR count). The number of nitrogens with zero attached hydrogens (tertiary/aromatic N) is 2. The largest absolute Gasteiger partial charge is 0.469 e. The van der Waals surface area contributed by atoms with Gasteiger partial charge in [0.2, 0.25) is 0 Å². The maximum Gasteiger partial charge on any atom is 0.416 e. The number of halogens is 12. The van der Waals surface area contributed by atoms with E-state index in [1.165, 1.54) is 26.4 Å². The first kappa shape index (κ1) is 56.6. The number of carbonyl (C=O) groups is 2. The number of benzene rings is 3. The first-order chi connectivity index (χ1) is 36.4. The van der Waals surface area contributed by atoms with Crippen molar-refractivity contribution in [3.8, 4) is 33.4 Å². The first-order valence-corrected chi connectivity index (χ1v) is 24.5. The van der Waals surface area contributed by atoms with Crippen LogP contribution in [0.3, 0.4) is 0 Å². The van der Waals surface area contributed by atoms with E-state index in [1.807, 2.05) is 33.8 Å². The van der Waals surface area contributed by atoms with Gasteiger partial charge in [-0.1, -0.05) is 13.8 Å². The number of H-pyrrole nitrogens is 2. The zero-order chi connectivity index (χ0) is 57.1. The van der Waals surface area contributed by atoms with Gasteiger partial charge in [0.1, 0.15) is 0 Å². The van der Waals surface area contributed by atoms with Gasteiger partial charge in [0.05, 0.1) is 59.2 Å². The maximum absolute atomic E-state index is 14.5. The summed E-state index contributed by atoms with van der Waals surface area (Å²) in [5, 5.41) is 0. The fourth-order valence-corrected chi connectivity index (χ4v) is 10.2. The van der Waals surface area contributed by atoms with Gasteiger partial charge in [-0.05, 0) is 199 Å². The number of rotatable bonds is 11. The second-order valence-corrected chi connectivity index (χ2v) is 19.1. The Morgan fingerprint density at radius 1 is 0.449 bits per heavy atom. The number of aromatic nitrogens is 4. The number of methoxy groups -OCH3 is 2. The van der Waals surface area contributed by atoms with E-state index >= 15 is 0 Å². The highest BCUT2D eigenvalue weighted by Gasteiger charge is 2.39. The molecule has 0 atom stereocenters. The summed E-state index contributed by atoms with van der Waals surface area (Å²) >= 11 is 0. The first-order valence-electron chi connectivity index (χ1n) is 24.5. The Morgan fingerprint density at radius 2 is 0.769 bits per heavy atom. The lowest BCUT2D eigenvalue weighted by Crippen LogP contribution is -2.11. The van der Waals surface area contributed by atoms with Crippen LogP contribution in [0.1, 0.15) is 121 Å². The van der Waals surface area contributed by atoms with E-state index in [-0.39, 0.29) is 60.3 Å². The van der Waals surface area contributed by atoms with E-state index in [9.17, 15) is 62.3 Å². The minimum absolute atomic E-state index is 0.00483. The third-order valence-electron chi connectivity index (χ3n) is 14.3. The number of aryl methyl sites for hydroxylation is 4. The Morgan fingerprint density at radius 3 is 1.08 bits per heavy atom. The fraction of sp³-hybridized carbons (Fsp3) is 0.310. The molecule has 20 heteroatoms. The summed E-state index contributed by atoms with van der Waals surface area (Å²) in [4.78, 5) is 42.5. The molecule has 0 radical (unpaired) electrons. The Hall–Kier alpha value is -7.64. The average Bonchev–Trinajstić information content (AvgIpc) is 4.13. The number of hydrogen-bond donors (Lipinski definition) is 2. The van der Waals surface area contributed by atoms with Gasteiger partial charge < -0.3 is 19.4 Å². The summed E-state index contributed by atoms with van der Waals surface area (Å²) in [5.41, 5.74) is -0.344. The van der Waals surface area contributed by atoms with E-state index in [4.69, 9.17) is 19.4 Å². The van der Waals surface area contributed by atoms with Crippen molar-refractivity contribution in [3.05, 3.63) is 140 Å². The molecule has 2 aliphatic heterocycles. The lowest BCUT2D eigenvalue weighted by atomic mass is 9.88. The van der Waals surface area contributed by atoms with Crippen LogP contribution in [-0.2, 0) is 56.6 Å². The van der Waals surface area contributed by atoms with Crippen molar-refractivity contribution < 1.29 is 71.7 Å². The van der Waals surface area contributed by atoms with Gasteiger partial charge in [-0.3, -0.25) is 9.59 Å². The molecule has 78 heavy (non-hydrogen) atoms. The summed E-state index contributed by atoms with van der Waals surface area (Å²) in [6.07, 6.45) is -20.2. The van der Waals surface area contributed by atoms with Gasteiger partial charge in [-0.2, -0.15) is 52.7 Å². The monoisotopic (exact) mass is 1090 g/mol. The van der Waals surface area contributed by atoms with Crippen LogP contribution in [0.15, 0.2) is 72.8 Å². The second-order valence-electron chi connectivity index (χ2n) is 19.1. The molecular formula is C58H50F12N4O4. The predicted molar refractivity (Wildman–Crippen MR) is 273 cm³/mol. The van der Waals surface area contributed by atoms with Crippen LogP contribution < -0.4 is 0 Å². The number of hydrogen-bond acceptors (Lipinski definition) is 6.